The number of hydrogen-bond acceptors (Lipinski definition) is 4. The highest BCUT2D eigenvalue weighted by Gasteiger charge is 2.31. The molecule has 0 spiro atoms. The number of amides is 1. The van der Waals surface area contributed by atoms with E-state index in [-0.39, 0.29) is 16.4 Å². The van der Waals surface area contributed by atoms with Crippen molar-refractivity contribution < 1.29 is 9.72 Å². The second-order valence-corrected chi connectivity index (χ2v) is 4.58. The number of benzene rings is 1. The van der Waals surface area contributed by atoms with E-state index in [1.807, 2.05) is 6.07 Å². The van der Waals surface area contributed by atoms with Gasteiger partial charge < -0.3 is 5.32 Å². The van der Waals surface area contributed by atoms with Crippen LogP contribution in [-0.4, -0.2) is 10.8 Å². The average molecular weight is 282 g/mol. The lowest BCUT2D eigenvalue weighted by molar-refractivity contribution is -0.384. The molecule has 0 bridgehead atoms. The van der Waals surface area contributed by atoms with Crippen molar-refractivity contribution in [3.8, 4) is 6.07 Å². The normalized spacial score (nSPS) is 13.2. The average Bonchev–Trinajstić information content (AvgIpc) is 2.39. The highest BCUT2D eigenvalue weighted by molar-refractivity contribution is 6.32. The molecule has 0 aliphatic carbocycles. The number of carbonyl (C=O) groups excluding carboxylic acids is 1. The second-order valence-electron chi connectivity index (χ2n) is 4.17. The lowest BCUT2D eigenvalue weighted by Crippen LogP contribution is -2.31. The minimum atomic E-state index is -1.17. The Morgan fingerprint density at radius 1 is 1.63 bits per heavy atom. The van der Waals surface area contributed by atoms with E-state index < -0.39 is 16.2 Å². The van der Waals surface area contributed by atoms with Crippen LogP contribution in [0.4, 0.5) is 11.4 Å². The zero-order valence-electron chi connectivity index (χ0n) is 10.4. The largest absolute Gasteiger partial charge is 0.324 e. The summed E-state index contributed by atoms with van der Waals surface area (Å²) >= 11 is 5.67. The fraction of sp³-hybridized carbons (Fsp3) is 0.333. The Kier molecular flexibility index (Phi) is 4.46. The lowest BCUT2D eigenvalue weighted by atomic mass is 9.88. The van der Waals surface area contributed by atoms with Crippen molar-refractivity contribution in [2.24, 2.45) is 5.41 Å². The number of nitro groups is 1. The summed E-state index contributed by atoms with van der Waals surface area (Å²) in [6, 6.07) is 5.85. The van der Waals surface area contributed by atoms with E-state index in [0.717, 1.165) is 6.07 Å². The fourth-order valence-corrected chi connectivity index (χ4v) is 1.48. The van der Waals surface area contributed by atoms with Gasteiger partial charge in [-0.1, -0.05) is 18.5 Å². The Balaban J connectivity index is 3.02. The predicted octanol–water partition coefficient (Wildman–Crippen LogP) is 3.13. The van der Waals surface area contributed by atoms with Crippen LogP contribution < -0.4 is 5.32 Å². The molecule has 0 aliphatic heterocycles. The Bertz CT molecular complexity index is 568. The summed E-state index contributed by atoms with van der Waals surface area (Å²) in [4.78, 5) is 22.0. The van der Waals surface area contributed by atoms with Gasteiger partial charge in [0.1, 0.15) is 10.4 Å². The third kappa shape index (κ3) is 3.20. The first-order valence-corrected chi connectivity index (χ1v) is 5.88. The molecule has 0 aromatic heterocycles. The summed E-state index contributed by atoms with van der Waals surface area (Å²) in [5.41, 5.74) is -1.24. The molecule has 0 radical (unpaired) electrons. The maximum Gasteiger partial charge on any atom is 0.289 e. The zero-order chi connectivity index (χ0) is 14.6. The maximum atomic E-state index is 11.9. The first-order valence-electron chi connectivity index (χ1n) is 5.50. The number of nitrogens with one attached hydrogen (secondary N) is 1. The molecule has 1 atom stereocenters. The molecular weight excluding hydrogens is 270 g/mol. The molecule has 1 amide bonds. The van der Waals surface area contributed by atoms with E-state index in [2.05, 4.69) is 5.32 Å². The number of nitro benzene ring substituents is 1. The molecule has 0 heterocycles. The van der Waals surface area contributed by atoms with Crippen LogP contribution in [-0.2, 0) is 4.79 Å². The van der Waals surface area contributed by atoms with E-state index in [4.69, 9.17) is 16.9 Å². The van der Waals surface area contributed by atoms with Gasteiger partial charge in [0.2, 0.25) is 5.91 Å². The van der Waals surface area contributed by atoms with E-state index >= 15 is 0 Å². The van der Waals surface area contributed by atoms with Gasteiger partial charge in [-0.25, -0.2) is 0 Å². The van der Waals surface area contributed by atoms with E-state index in [9.17, 15) is 14.9 Å². The second kappa shape index (κ2) is 5.67. The maximum absolute atomic E-state index is 11.9. The first-order chi connectivity index (χ1) is 8.84. The van der Waals surface area contributed by atoms with Gasteiger partial charge in [-0.2, -0.15) is 5.26 Å². The van der Waals surface area contributed by atoms with Gasteiger partial charge in [0.15, 0.2) is 0 Å². The standard InChI is InChI=1S/C12H12ClN3O3/c1-3-12(2,7-14)11(17)15-8-4-5-9(13)10(6-8)16(18)19/h4-6H,3H2,1-2H3,(H,15,17). The molecule has 19 heavy (non-hydrogen) atoms. The monoisotopic (exact) mass is 281 g/mol. The van der Waals surface area contributed by atoms with Gasteiger partial charge in [0, 0.05) is 11.8 Å². The summed E-state index contributed by atoms with van der Waals surface area (Å²) in [6.07, 6.45) is 0.338. The van der Waals surface area contributed by atoms with Crippen molar-refractivity contribution in [2.75, 3.05) is 5.32 Å². The Morgan fingerprint density at radius 2 is 2.26 bits per heavy atom. The number of nitriles is 1. The van der Waals surface area contributed by atoms with Gasteiger partial charge in [-0.3, -0.25) is 14.9 Å². The minimum absolute atomic E-state index is 0.0125. The number of carbonyl (C=O) groups is 1. The Labute approximate surface area is 115 Å². The minimum Gasteiger partial charge on any atom is -0.324 e. The highest BCUT2D eigenvalue weighted by atomic mass is 35.5. The van der Waals surface area contributed by atoms with Crippen LogP contribution in [0.5, 0.6) is 0 Å². The quantitative estimate of drug-likeness (QED) is 0.677. The number of hydrogen-bond donors (Lipinski definition) is 1. The third-order valence-electron chi connectivity index (χ3n) is 2.86. The van der Waals surface area contributed by atoms with Crippen molar-refractivity contribution in [2.45, 2.75) is 20.3 Å². The number of anilines is 1. The fourth-order valence-electron chi connectivity index (χ4n) is 1.29. The summed E-state index contributed by atoms with van der Waals surface area (Å²) in [6.45, 7) is 3.22. The van der Waals surface area contributed by atoms with Gasteiger partial charge >= 0.3 is 0 Å². The van der Waals surface area contributed by atoms with Crippen LogP contribution in [0.15, 0.2) is 18.2 Å². The third-order valence-corrected chi connectivity index (χ3v) is 3.18. The van der Waals surface area contributed by atoms with E-state index in [1.54, 1.807) is 6.92 Å². The molecular formula is C12H12ClN3O3. The molecule has 1 aromatic rings. The van der Waals surface area contributed by atoms with Gasteiger partial charge in [-0.05, 0) is 25.5 Å². The van der Waals surface area contributed by atoms with Crippen molar-refractivity contribution in [3.63, 3.8) is 0 Å². The Morgan fingerprint density at radius 3 is 2.74 bits per heavy atom. The van der Waals surface area contributed by atoms with Crippen LogP contribution in [0.2, 0.25) is 5.02 Å². The molecule has 100 valence electrons. The lowest BCUT2D eigenvalue weighted by Gasteiger charge is -2.18. The van der Waals surface area contributed by atoms with Gasteiger partial charge in [-0.15, -0.1) is 0 Å². The Hall–Kier alpha value is -2.13. The van der Waals surface area contributed by atoms with Crippen LogP contribution in [0.1, 0.15) is 20.3 Å². The van der Waals surface area contributed by atoms with Crippen molar-refractivity contribution >= 4 is 28.9 Å². The predicted molar refractivity (Wildman–Crippen MR) is 70.7 cm³/mol. The number of nitrogens with zero attached hydrogens (tertiary/aromatic N) is 2. The topological polar surface area (TPSA) is 96.0 Å². The molecule has 0 saturated heterocycles. The molecule has 1 N–H and O–H groups in total. The SMILES string of the molecule is CCC(C)(C#N)C(=O)Nc1ccc(Cl)c([N+](=O)[O-])c1. The van der Waals surface area contributed by atoms with Crippen LogP contribution >= 0.6 is 11.6 Å². The van der Waals surface area contributed by atoms with Gasteiger partial charge in [0.05, 0.1) is 11.0 Å². The van der Waals surface area contributed by atoms with Crippen molar-refractivity contribution in [3.05, 3.63) is 33.3 Å². The summed E-state index contributed by atoms with van der Waals surface area (Å²) in [7, 11) is 0. The number of halogens is 1. The van der Waals surface area contributed by atoms with Gasteiger partial charge in [0.25, 0.3) is 5.69 Å². The highest BCUT2D eigenvalue weighted by Crippen LogP contribution is 2.29. The summed E-state index contributed by atoms with van der Waals surface area (Å²) in [5.74, 6) is -0.505. The van der Waals surface area contributed by atoms with Crippen molar-refractivity contribution in [1.82, 2.24) is 0 Å². The molecule has 1 aromatic carbocycles. The molecule has 6 nitrogen and oxygen atoms in total. The van der Waals surface area contributed by atoms with Crippen LogP contribution in [0.25, 0.3) is 0 Å². The van der Waals surface area contributed by atoms with Crippen LogP contribution in [0.3, 0.4) is 0 Å². The zero-order valence-corrected chi connectivity index (χ0v) is 11.2. The van der Waals surface area contributed by atoms with E-state index in [1.165, 1.54) is 19.1 Å². The first kappa shape index (κ1) is 14.9. The van der Waals surface area contributed by atoms with Crippen molar-refractivity contribution in [1.29, 1.82) is 5.26 Å². The molecule has 0 fully saturated rings. The van der Waals surface area contributed by atoms with E-state index in [0.29, 0.717) is 6.42 Å². The molecule has 0 saturated carbocycles. The molecule has 0 aliphatic rings. The number of rotatable bonds is 4. The summed E-state index contributed by atoms with van der Waals surface area (Å²) in [5, 5.41) is 22.2. The summed E-state index contributed by atoms with van der Waals surface area (Å²) < 4.78 is 0. The smallest absolute Gasteiger partial charge is 0.289 e. The molecule has 1 unspecified atom stereocenters. The molecule has 7 heteroatoms. The van der Waals surface area contributed by atoms with Crippen LogP contribution in [0, 0.1) is 26.9 Å². The molecule has 1 rings (SSSR count).